The number of aromatic nitrogens is 2. The zero-order valence-corrected chi connectivity index (χ0v) is 13.9. The molecule has 0 aliphatic heterocycles. The predicted molar refractivity (Wildman–Crippen MR) is 84.6 cm³/mol. The topological polar surface area (TPSA) is 127 Å². The Balaban J connectivity index is 1.99. The molecular weight excluding hydrogens is 316 g/mol. The number of hydrogen-bond acceptors (Lipinski definition) is 5. The van der Waals surface area contributed by atoms with Crippen molar-refractivity contribution in [3.8, 4) is 0 Å². The van der Waals surface area contributed by atoms with Crippen LogP contribution in [0.2, 0.25) is 0 Å². The van der Waals surface area contributed by atoms with E-state index in [9.17, 15) is 19.7 Å². The highest BCUT2D eigenvalue weighted by molar-refractivity contribution is 5.78. The van der Waals surface area contributed by atoms with Crippen LogP contribution in [0.5, 0.6) is 0 Å². The molecular formula is C15H22N4O5. The molecule has 1 aliphatic rings. The van der Waals surface area contributed by atoms with Crippen LogP contribution in [0.4, 0.5) is 5.69 Å². The molecule has 1 fully saturated rings. The van der Waals surface area contributed by atoms with Gasteiger partial charge in [-0.05, 0) is 26.7 Å². The lowest BCUT2D eigenvalue weighted by Gasteiger charge is -2.28. The molecule has 0 aromatic carbocycles. The maximum absolute atomic E-state index is 12.2. The molecule has 1 aliphatic carbocycles. The van der Waals surface area contributed by atoms with Crippen LogP contribution in [0, 0.1) is 24.0 Å². The van der Waals surface area contributed by atoms with Crippen molar-refractivity contribution in [3.63, 3.8) is 0 Å². The third kappa shape index (κ3) is 3.90. The second kappa shape index (κ2) is 6.98. The van der Waals surface area contributed by atoms with Crippen molar-refractivity contribution in [2.75, 3.05) is 0 Å². The Morgan fingerprint density at radius 2 is 2.00 bits per heavy atom. The summed E-state index contributed by atoms with van der Waals surface area (Å²) >= 11 is 0. The van der Waals surface area contributed by atoms with Gasteiger partial charge < -0.3 is 10.4 Å². The predicted octanol–water partition coefficient (Wildman–Crippen LogP) is 1.70. The average Bonchev–Trinajstić information content (AvgIpc) is 3.00. The molecule has 9 heteroatoms. The van der Waals surface area contributed by atoms with E-state index in [1.807, 2.05) is 0 Å². The number of carbonyl (C=O) groups is 2. The van der Waals surface area contributed by atoms with Gasteiger partial charge in [0.2, 0.25) is 5.91 Å². The van der Waals surface area contributed by atoms with Gasteiger partial charge in [-0.2, -0.15) is 5.10 Å². The Labute approximate surface area is 139 Å². The lowest BCUT2D eigenvalue weighted by molar-refractivity contribution is -0.386. The van der Waals surface area contributed by atoms with Crippen molar-refractivity contribution < 1.29 is 19.6 Å². The fourth-order valence-electron chi connectivity index (χ4n) is 3.42. The third-order valence-electron chi connectivity index (χ3n) is 4.53. The van der Waals surface area contributed by atoms with Crippen molar-refractivity contribution in [2.45, 2.75) is 64.5 Å². The van der Waals surface area contributed by atoms with Gasteiger partial charge in [-0.1, -0.05) is 12.8 Å². The van der Waals surface area contributed by atoms with E-state index < -0.39 is 16.4 Å². The molecule has 0 unspecified atom stereocenters. The number of hydrogen-bond donors (Lipinski definition) is 2. The van der Waals surface area contributed by atoms with Crippen molar-refractivity contribution in [1.29, 1.82) is 0 Å². The largest absolute Gasteiger partial charge is 0.481 e. The van der Waals surface area contributed by atoms with Crippen molar-refractivity contribution in [1.82, 2.24) is 15.1 Å². The zero-order valence-electron chi connectivity index (χ0n) is 13.9. The van der Waals surface area contributed by atoms with Crippen molar-refractivity contribution in [2.24, 2.45) is 0 Å². The van der Waals surface area contributed by atoms with Gasteiger partial charge in [0.25, 0.3) is 0 Å². The van der Waals surface area contributed by atoms with Crippen molar-refractivity contribution >= 4 is 17.6 Å². The Morgan fingerprint density at radius 1 is 1.38 bits per heavy atom. The SMILES string of the molecule is Cc1nn(CCC(=O)NC2(CC(=O)O)CCCC2)c(C)c1[N+](=O)[O-]. The first kappa shape index (κ1) is 17.9. The molecule has 1 amide bonds. The highest BCUT2D eigenvalue weighted by Gasteiger charge is 2.37. The number of aliphatic carboxylic acids is 1. The van der Waals surface area contributed by atoms with Gasteiger partial charge in [-0.25, -0.2) is 0 Å². The minimum Gasteiger partial charge on any atom is -0.481 e. The second-order valence-electron chi connectivity index (χ2n) is 6.36. The second-order valence-corrected chi connectivity index (χ2v) is 6.36. The van der Waals surface area contributed by atoms with Crippen LogP contribution in [0.1, 0.15) is 49.9 Å². The Kier molecular flexibility index (Phi) is 5.20. The maximum Gasteiger partial charge on any atom is 0.312 e. The van der Waals surface area contributed by atoms with Crippen LogP contribution >= 0.6 is 0 Å². The summed E-state index contributed by atoms with van der Waals surface area (Å²) < 4.78 is 1.45. The Morgan fingerprint density at radius 3 is 2.50 bits per heavy atom. The monoisotopic (exact) mass is 338 g/mol. The quantitative estimate of drug-likeness (QED) is 0.575. The van der Waals surface area contributed by atoms with Gasteiger partial charge >= 0.3 is 11.7 Å². The summed E-state index contributed by atoms with van der Waals surface area (Å²) in [5.41, 5.74) is 0.0280. The van der Waals surface area contributed by atoms with Crippen LogP contribution in [-0.2, 0) is 16.1 Å². The summed E-state index contributed by atoms with van der Waals surface area (Å²) in [6.07, 6.45) is 3.14. The lowest BCUT2D eigenvalue weighted by Crippen LogP contribution is -2.48. The molecule has 2 rings (SSSR count). The van der Waals surface area contributed by atoms with E-state index in [0.29, 0.717) is 24.2 Å². The van der Waals surface area contributed by atoms with Crippen LogP contribution in [0.15, 0.2) is 0 Å². The summed E-state index contributed by atoms with van der Waals surface area (Å²) in [7, 11) is 0. The number of carboxylic acid groups (broad SMARTS) is 1. The fraction of sp³-hybridized carbons (Fsp3) is 0.667. The Hall–Kier alpha value is -2.45. The molecule has 132 valence electrons. The van der Waals surface area contributed by atoms with E-state index in [1.165, 1.54) is 4.68 Å². The van der Waals surface area contributed by atoms with Crippen LogP contribution in [0.25, 0.3) is 0 Å². The van der Waals surface area contributed by atoms with Gasteiger partial charge in [-0.15, -0.1) is 0 Å². The summed E-state index contributed by atoms with van der Waals surface area (Å²) in [5, 5.41) is 27.0. The smallest absolute Gasteiger partial charge is 0.312 e. The average molecular weight is 338 g/mol. The maximum atomic E-state index is 12.2. The molecule has 1 saturated carbocycles. The van der Waals surface area contributed by atoms with E-state index >= 15 is 0 Å². The molecule has 0 bridgehead atoms. The molecule has 24 heavy (non-hydrogen) atoms. The summed E-state index contributed by atoms with van der Waals surface area (Å²) in [5.74, 6) is -1.18. The minimum absolute atomic E-state index is 0.0338. The molecule has 1 aromatic heterocycles. The summed E-state index contributed by atoms with van der Waals surface area (Å²) in [4.78, 5) is 33.8. The van der Waals surface area contributed by atoms with Gasteiger partial charge in [0, 0.05) is 6.42 Å². The van der Waals surface area contributed by atoms with Gasteiger partial charge in [-0.3, -0.25) is 24.4 Å². The number of aryl methyl sites for hydroxylation is 2. The summed E-state index contributed by atoms with van der Waals surface area (Å²) in [6.45, 7) is 3.37. The van der Waals surface area contributed by atoms with Crippen molar-refractivity contribution in [3.05, 3.63) is 21.5 Å². The molecule has 1 heterocycles. The highest BCUT2D eigenvalue weighted by atomic mass is 16.6. The van der Waals surface area contributed by atoms with Gasteiger partial charge in [0.15, 0.2) is 0 Å². The zero-order chi connectivity index (χ0) is 17.9. The fourth-order valence-corrected chi connectivity index (χ4v) is 3.42. The highest BCUT2D eigenvalue weighted by Crippen LogP contribution is 2.32. The number of rotatable bonds is 7. The first-order valence-corrected chi connectivity index (χ1v) is 7.95. The van der Waals surface area contributed by atoms with Gasteiger partial charge in [0.1, 0.15) is 11.4 Å². The van der Waals surface area contributed by atoms with E-state index in [-0.39, 0.29) is 31.0 Å². The normalized spacial score (nSPS) is 16.1. The standard InChI is InChI=1S/C15H22N4O5/c1-10-14(19(23)24)11(2)18(17-10)8-5-12(20)16-15(9-13(21)22)6-3-4-7-15/h3-9H2,1-2H3,(H,16,20)(H,21,22). The molecule has 2 N–H and O–H groups in total. The molecule has 0 spiro atoms. The lowest BCUT2D eigenvalue weighted by atomic mass is 9.93. The molecule has 9 nitrogen and oxygen atoms in total. The number of carbonyl (C=O) groups excluding carboxylic acids is 1. The molecule has 0 saturated heterocycles. The van der Waals surface area contributed by atoms with E-state index in [4.69, 9.17) is 5.11 Å². The van der Waals surface area contributed by atoms with Crippen LogP contribution < -0.4 is 5.32 Å². The van der Waals surface area contributed by atoms with Crippen LogP contribution in [-0.4, -0.2) is 37.2 Å². The number of carboxylic acids is 1. The van der Waals surface area contributed by atoms with E-state index in [1.54, 1.807) is 13.8 Å². The number of nitrogens with one attached hydrogen (secondary N) is 1. The number of nitrogens with zero attached hydrogens (tertiary/aromatic N) is 3. The molecule has 0 radical (unpaired) electrons. The van der Waals surface area contributed by atoms with Gasteiger partial charge in [0.05, 0.1) is 23.4 Å². The number of nitro groups is 1. The Bertz CT molecular complexity index is 661. The third-order valence-corrected chi connectivity index (χ3v) is 4.53. The van der Waals surface area contributed by atoms with Crippen LogP contribution in [0.3, 0.4) is 0 Å². The number of amides is 1. The molecule has 1 aromatic rings. The molecule has 0 atom stereocenters. The minimum atomic E-state index is -0.925. The van der Waals surface area contributed by atoms with E-state index in [0.717, 1.165) is 12.8 Å². The first-order valence-electron chi connectivity index (χ1n) is 7.95. The first-order chi connectivity index (χ1) is 11.2. The summed E-state index contributed by atoms with van der Waals surface area (Å²) in [6, 6.07) is 0. The van der Waals surface area contributed by atoms with E-state index in [2.05, 4.69) is 10.4 Å².